The Bertz CT molecular complexity index is 414. The Morgan fingerprint density at radius 1 is 1.44 bits per heavy atom. The van der Waals surface area contributed by atoms with Gasteiger partial charge in [0, 0.05) is 13.1 Å². The Morgan fingerprint density at radius 3 is 2.88 bits per heavy atom. The summed E-state index contributed by atoms with van der Waals surface area (Å²) in [7, 11) is 0. The van der Waals surface area contributed by atoms with Crippen LogP contribution in [0, 0.1) is 0 Å². The average Bonchev–Trinajstić information content (AvgIpc) is 2.28. The number of aliphatic hydroxyl groups excluding tert-OH is 1. The number of halogens is 1. The molecule has 0 spiro atoms. The van der Waals surface area contributed by atoms with Crippen molar-refractivity contribution in [1.82, 2.24) is 0 Å². The minimum atomic E-state index is 0.0406. The van der Waals surface area contributed by atoms with Crippen LogP contribution in [-0.4, -0.2) is 18.2 Å². The number of rotatable bonds is 2. The molecule has 1 aromatic carbocycles. The van der Waals surface area contributed by atoms with Crippen molar-refractivity contribution in [2.45, 2.75) is 20.0 Å². The number of nitrogens with zero attached hydrogens (tertiary/aromatic N) is 1. The van der Waals surface area contributed by atoms with Crippen LogP contribution in [0.1, 0.15) is 18.9 Å². The van der Waals surface area contributed by atoms with Crippen LogP contribution in [0.15, 0.2) is 29.8 Å². The smallest absolute Gasteiger partial charge is 0.0682 e. The molecular formula is C13H16ClNO. The van der Waals surface area contributed by atoms with Gasteiger partial charge in [-0.05, 0) is 31.0 Å². The van der Waals surface area contributed by atoms with Gasteiger partial charge < -0.3 is 10.0 Å². The van der Waals surface area contributed by atoms with Crippen molar-refractivity contribution < 1.29 is 5.11 Å². The minimum absolute atomic E-state index is 0.0406. The molecule has 1 aliphatic rings. The maximum absolute atomic E-state index is 9.02. The Kier molecular flexibility index (Phi) is 3.52. The molecule has 0 amide bonds. The first-order chi connectivity index (χ1) is 7.70. The molecule has 0 unspecified atom stereocenters. The molecular weight excluding hydrogens is 222 g/mol. The summed E-state index contributed by atoms with van der Waals surface area (Å²) < 4.78 is 0. The maximum Gasteiger partial charge on any atom is 0.0682 e. The lowest BCUT2D eigenvalue weighted by atomic mass is 10.1. The quantitative estimate of drug-likeness (QED) is 0.800. The molecule has 1 aromatic rings. The SMILES string of the molecule is CC1=CCCN(c2ccc(CO)cc2Cl)C1. The molecule has 0 aliphatic carbocycles. The normalized spacial score (nSPS) is 16.2. The number of aliphatic hydroxyl groups is 1. The van der Waals surface area contributed by atoms with E-state index < -0.39 is 0 Å². The van der Waals surface area contributed by atoms with Crippen LogP contribution in [0.2, 0.25) is 5.02 Å². The molecule has 16 heavy (non-hydrogen) atoms. The molecule has 2 nitrogen and oxygen atoms in total. The van der Waals surface area contributed by atoms with E-state index in [0.29, 0.717) is 0 Å². The number of hydrogen-bond donors (Lipinski definition) is 1. The van der Waals surface area contributed by atoms with Gasteiger partial charge in [-0.25, -0.2) is 0 Å². The lowest BCUT2D eigenvalue weighted by molar-refractivity contribution is 0.282. The molecule has 1 N–H and O–H groups in total. The molecule has 1 aliphatic heterocycles. The van der Waals surface area contributed by atoms with E-state index in [-0.39, 0.29) is 6.61 Å². The van der Waals surface area contributed by atoms with Gasteiger partial charge in [-0.1, -0.05) is 29.3 Å². The van der Waals surface area contributed by atoms with Gasteiger partial charge >= 0.3 is 0 Å². The van der Waals surface area contributed by atoms with Crippen molar-refractivity contribution in [2.75, 3.05) is 18.0 Å². The zero-order valence-electron chi connectivity index (χ0n) is 9.41. The fraction of sp³-hybridized carbons (Fsp3) is 0.385. The highest BCUT2D eigenvalue weighted by Gasteiger charge is 2.13. The van der Waals surface area contributed by atoms with Crippen molar-refractivity contribution in [3.8, 4) is 0 Å². The van der Waals surface area contributed by atoms with E-state index in [1.807, 2.05) is 18.2 Å². The van der Waals surface area contributed by atoms with E-state index in [1.165, 1.54) is 5.57 Å². The largest absolute Gasteiger partial charge is 0.392 e. The monoisotopic (exact) mass is 237 g/mol. The lowest BCUT2D eigenvalue weighted by Crippen LogP contribution is -2.29. The summed E-state index contributed by atoms with van der Waals surface area (Å²) in [5.41, 5.74) is 3.30. The van der Waals surface area contributed by atoms with Gasteiger partial charge in [-0.3, -0.25) is 0 Å². The van der Waals surface area contributed by atoms with Crippen molar-refractivity contribution in [3.05, 3.63) is 40.4 Å². The molecule has 0 saturated heterocycles. The Labute approximate surface area is 101 Å². The number of hydrogen-bond acceptors (Lipinski definition) is 2. The minimum Gasteiger partial charge on any atom is -0.392 e. The average molecular weight is 238 g/mol. The van der Waals surface area contributed by atoms with Gasteiger partial charge in [0.1, 0.15) is 0 Å². The summed E-state index contributed by atoms with van der Waals surface area (Å²) in [6, 6.07) is 5.76. The predicted molar refractivity (Wildman–Crippen MR) is 68.0 cm³/mol. The van der Waals surface area contributed by atoms with Crippen molar-refractivity contribution in [2.24, 2.45) is 0 Å². The van der Waals surface area contributed by atoms with E-state index in [1.54, 1.807) is 0 Å². The van der Waals surface area contributed by atoms with Gasteiger partial charge in [0.2, 0.25) is 0 Å². The predicted octanol–water partition coefficient (Wildman–Crippen LogP) is 2.99. The molecule has 0 aromatic heterocycles. The fourth-order valence-electron chi connectivity index (χ4n) is 2.02. The van der Waals surface area contributed by atoms with E-state index in [9.17, 15) is 0 Å². The second-order valence-corrected chi connectivity index (χ2v) is 4.61. The molecule has 86 valence electrons. The van der Waals surface area contributed by atoms with Gasteiger partial charge in [-0.2, -0.15) is 0 Å². The zero-order valence-corrected chi connectivity index (χ0v) is 10.2. The first-order valence-corrected chi connectivity index (χ1v) is 5.88. The number of benzene rings is 1. The van der Waals surface area contributed by atoms with Gasteiger partial charge in [-0.15, -0.1) is 0 Å². The van der Waals surface area contributed by atoms with Gasteiger partial charge in [0.05, 0.1) is 17.3 Å². The van der Waals surface area contributed by atoms with E-state index >= 15 is 0 Å². The van der Waals surface area contributed by atoms with Crippen molar-refractivity contribution in [1.29, 1.82) is 0 Å². The maximum atomic E-state index is 9.02. The second kappa shape index (κ2) is 4.89. The van der Waals surface area contributed by atoms with Crippen LogP contribution in [0.5, 0.6) is 0 Å². The molecule has 0 fully saturated rings. The summed E-state index contributed by atoms with van der Waals surface area (Å²) >= 11 is 6.22. The molecule has 2 rings (SSSR count). The van der Waals surface area contributed by atoms with Crippen molar-refractivity contribution >= 4 is 17.3 Å². The molecule has 0 atom stereocenters. The summed E-state index contributed by atoms with van der Waals surface area (Å²) in [5.74, 6) is 0. The standard InChI is InChI=1S/C13H16ClNO/c1-10-3-2-6-15(8-10)13-5-4-11(9-16)7-12(13)14/h3-5,7,16H,2,6,8-9H2,1H3. The molecule has 0 saturated carbocycles. The third-order valence-electron chi connectivity index (χ3n) is 2.87. The number of anilines is 1. The summed E-state index contributed by atoms with van der Waals surface area (Å²) in [6.07, 6.45) is 3.34. The highest BCUT2D eigenvalue weighted by molar-refractivity contribution is 6.33. The molecule has 1 heterocycles. The summed E-state index contributed by atoms with van der Waals surface area (Å²) in [6.45, 7) is 4.13. The fourth-order valence-corrected chi connectivity index (χ4v) is 2.34. The van der Waals surface area contributed by atoms with Gasteiger partial charge in [0.15, 0.2) is 0 Å². The highest BCUT2D eigenvalue weighted by Crippen LogP contribution is 2.29. The topological polar surface area (TPSA) is 23.5 Å². The van der Waals surface area contributed by atoms with E-state index in [4.69, 9.17) is 16.7 Å². The Morgan fingerprint density at radius 2 is 2.25 bits per heavy atom. The van der Waals surface area contributed by atoms with Crippen LogP contribution < -0.4 is 4.90 Å². The second-order valence-electron chi connectivity index (χ2n) is 4.20. The van der Waals surface area contributed by atoms with Crippen LogP contribution >= 0.6 is 11.6 Å². The third kappa shape index (κ3) is 2.39. The Hall–Kier alpha value is -0.990. The van der Waals surface area contributed by atoms with E-state index in [2.05, 4.69) is 17.9 Å². The van der Waals surface area contributed by atoms with Gasteiger partial charge in [0.25, 0.3) is 0 Å². The summed E-state index contributed by atoms with van der Waals surface area (Å²) in [5, 5.41) is 9.75. The first-order valence-electron chi connectivity index (χ1n) is 5.50. The molecule has 3 heteroatoms. The highest BCUT2D eigenvalue weighted by atomic mass is 35.5. The van der Waals surface area contributed by atoms with E-state index in [0.717, 1.165) is 35.8 Å². The molecule has 0 bridgehead atoms. The Balaban J connectivity index is 2.24. The van der Waals surface area contributed by atoms with Crippen LogP contribution in [0.25, 0.3) is 0 Å². The summed E-state index contributed by atoms with van der Waals surface area (Å²) in [4.78, 5) is 2.28. The third-order valence-corrected chi connectivity index (χ3v) is 3.17. The van der Waals surface area contributed by atoms with Crippen LogP contribution in [0.3, 0.4) is 0 Å². The van der Waals surface area contributed by atoms with Crippen LogP contribution in [-0.2, 0) is 6.61 Å². The molecule has 0 radical (unpaired) electrons. The first kappa shape index (κ1) is 11.5. The zero-order chi connectivity index (χ0) is 11.5. The van der Waals surface area contributed by atoms with Crippen molar-refractivity contribution in [3.63, 3.8) is 0 Å². The van der Waals surface area contributed by atoms with Crippen LogP contribution in [0.4, 0.5) is 5.69 Å². The lowest BCUT2D eigenvalue weighted by Gasteiger charge is -2.29.